The van der Waals surface area contributed by atoms with E-state index in [1.54, 1.807) is 14.0 Å². The lowest BCUT2D eigenvalue weighted by Crippen LogP contribution is -2.41. The molecule has 0 rings (SSSR count). The van der Waals surface area contributed by atoms with E-state index >= 15 is 0 Å². The van der Waals surface area contributed by atoms with E-state index in [1.807, 2.05) is 0 Å². The molecule has 0 aromatic rings. The Hall–Kier alpha value is -1.06. The van der Waals surface area contributed by atoms with Crippen LogP contribution in [0.2, 0.25) is 0 Å². The molecule has 58 valence electrons. The van der Waals surface area contributed by atoms with E-state index in [0.717, 1.165) is 0 Å². The Bertz CT molecular complexity index is 136. The minimum atomic E-state index is -0.387. The predicted octanol–water partition coefficient (Wildman–Crippen LogP) is -0.791. The number of likely N-dealkylation sites (N-methyl/N-ethyl adjacent to an activating group) is 2. The van der Waals surface area contributed by atoms with E-state index in [2.05, 4.69) is 5.32 Å². The summed E-state index contributed by atoms with van der Waals surface area (Å²) in [6.45, 7) is 1.66. The van der Waals surface area contributed by atoms with Gasteiger partial charge in [0.2, 0.25) is 12.3 Å². The van der Waals surface area contributed by atoms with Crippen LogP contribution in [0.1, 0.15) is 6.92 Å². The van der Waals surface area contributed by atoms with E-state index in [9.17, 15) is 9.59 Å². The molecule has 0 aliphatic heterocycles. The fourth-order valence-electron chi connectivity index (χ4n) is 0.485. The van der Waals surface area contributed by atoms with Crippen LogP contribution in [0, 0.1) is 0 Å². The van der Waals surface area contributed by atoms with Crippen molar-refractivity contribution in [2.75, 3.05) is 14.1 Å². The number of carbonyl (C=O) groups is 2. The fourth-order valence-corrected chi connectivity index (χ4v) is 0.485. The Morgan fingerprint density at radius 1 is 1.70 bits per heavy atom. The highest BCUT2D eigenvalue weighted by molar-refractivity contribution is 5.82. The maximum absolute atomic E-state index is 10.8. The largest absolute Gasteiger partial charge is 0.357 e. The number of hydrogen-bond acceptors (Lipinski definition) is 2. The zero-order valence-corrected chi connectivity index (χ0v) is 6.42. The first-order valence-electron chi connectivity index (χ1n) is 3.02. The molecule has 0 heterocycles. The quantitative estimate of drug-likeness (QED) is 0.528. The van der Waals surface area contributed by atoms with Crippen molar-refractivity contribution >= 4 is 12.3 Å². The van der Waals surface area contributed by atoms with Crippen LogP contribution in [-0.2, 0) is 9.59 Å². The van der Waals surface area contributed by atoms with Crippen LogP contribution in [0.3, 0.4) is 0 Å². The first kappa shape index (κ1) is 8.94. The second kappa shape index (κ2) is 3.87. The first-order valence-corrected chi connectivity index (χ1v) is 3.02. The van der Waals surface area contributed by atoms with Gasteiger partial charge in [-0.3, -0.25) is 9.59 Å². The van der Waals surface area contributed by atoms with Crippen molar-refractivity contribution in [3.05, 3.63) is 0 Å². The summed E-state index contributed by atoms with van der Waals surface area (Å²) in [5.74, 6) is -0.158. The maximum Gasteiger partial charge on any atom is 0.242 e. The van der Waals surface area contributed by atoms with E-state index in [1.165, 1.54) is 11.9 Å². The number of nitrogens with one attached hydrogen (secondary N) is 1. The van der Waals surface area contributed by atoms with Crippen molar-refractivity contribution in [3.63, 3.8) is 0 Å². The van der Waals surface area contributed by atoms with Crippen molar-refractivity contribution in [1.29, 1.82) is 0 Å². The lowest BCUT2D eigenvalue weighted by atomic mass is 10.3. The van der Waals surface area contributed by atoms with Gasteiger partial charge in [0.25, 0.3) is 0 Å². The summed E-state index contributed by atoms with van der Waals surface area (Å²) >= 11 is 0. The summed E-state index contributed by atoms with van der Waals surface area (Å²) in [5.41, 5.74) is 0. The Morgan fingerprint density at radius 3 is 2.50 bits per heavy atom. The average Bonchev–Trinajstić information content (AvgIpc) is 2.00. The van der Waals surface area contributed by atoms with E-state index in [0.29, 0.717) is 6.41 Å². The minimum absolute atomic E-state index is 0.158. The molecule has 0 aromatic carbocycles. The molecule has 10 heavy (non-hydrogen) atoms. The van der Waals surface area contributed by atoms with Crippen LogP contribution in [-0.4, -0.2) is 37.4 Å². The Balaban J connectivity index is 3.93. The SMILES string of the molecule is CNC(=O)C(C)N(C)C=O. The van der Waals surface area contributed by atoms with Crippen LogP contribution in [0.25, 0.3) is 0 Å². The van der Waals surface area contributed by atoms with Gasteiger partial charge in [0.1, 0.15) is 6.04 Å². The molecule has 0 aliphatic carbocycles. The zero-order chi connectivity index (χ0) is 8.15. The zero-order valence-electron chi connectivity index (χ0n) is 6.42. The molecule has 0 aromatic heterocycles. The summed E-state index contributed by atoms with van der Waals surface area (Å²) in [6, 6.07) is -0.387. The maximum atomic E-state index is 10.8. The number of hydrogen-bond donors (Lipinski definition) is 1. The standard InChI is InChI=1S/C6H12N2O2/c1-5(6(10)7-2)8(3)4-9/h4-5H,1-3H3,(H,7,10). The molecule has 2 amide bonds. The second-order valence-electron chi connectivity index (χ2n) is 2.06. The summed E-state index contributed by atoms with van der Waals surface area (Å²) in [4.78, 5) is 22.2. The molecule has 1 N–H and O–H groups in total. The molecular weight excluding hydrogens is 132 g/mol. The highest BCUT2D eigenvalue weighted by Gasteiger charge is 2.13. The smallest absolute Gasteiger partial charge is 0.242 e. The van der Waals surface area contributed by atoms with Crippen LogP contribution in [0.4, 0.5) is 0 Å². The lowest BCUT2D eigenvalue weighted by Gasteiger charge is -2.17. The first-order chi connectivity index (χ1) is 4.63. The Labute approximate surface area is 60.2 Å². The van der Waals surface area contributed by atoms with Crippen LogP contribution in [0.15, 0.2) is 0 Å². The van der Waals surface area contributed by atoms with Crippen molar-refractivity contribution in [2.24, 2.45) is 0 Å². The van der Waals surface area contributed by atoms with Crippen molar-refractivity contribution in [3.8, 4) is 0 Å². The van der Waals surface area contributed by atoms with Gasteiger partial charge in [-0.2, -0.15) is 0 Å². The molecule has 1 atom stereocenters. The topological polar surface area (TPSA) is 49.4 Å². The van der Waals surface area contributed by atoms with Gasteiger partial charge in [0.05, 0.1) is 0 Å². The fraction of sp³-hybridized carbons (Fsp3) is 0.667. The second-order valence-corrected chi connectivity index (χ2v) is 2.06. The Kier molecular flexibility index (Phi) is 3.46. The predicted molar refractivity (Wildman–Crippen MR) is 37.4 cm³/mol. The van der Waals surface area contributed by atoms with Gasteiger partial charge in [0, 0.05) is 14.1 Å². The minimum Gasteiger partial charge on any atom is -0.357 e. The van der Waals surface area contributed by atoms with Gasteiger partial charge in [-0.1, -0.05) is 0 Å². The third-order valence-electron chi connectivity index (χ3n) is 1.40. The third kappa shape index (κ3) is 2.05. The van der Waals surface area contributed by atoms with Crippen LogP contribution >= 0.6 is 0 Å². The van der Waals surface area contributed by atoms with Crippen molar-refractivity contribution in [1.82, 2.24) is 10.2 Å². The molecule has 1 unspecified atom stereocenters. The summed E-state index contributed by atoms with van der Waals surface area (Å²) in [7, 11) is 3.10. The van der Waals surface area contributed by atoms with Gasteiger partial charge in [-0.25, -0.2) is 0 Å². The molecule has 0 spiro atoms. The molecule has 4 nitrogen and oxygen atoms in total. The number of rotatable bonds is 3. The molecule has 0 bridgehead atoms. The summed E-state index contributed by atoms with van der Waals surface area (Å²) < 4.78 is 0. The molecule has 0 saturated carbocycles. The van der Waals surface area contributed by atoms with Crippen molar-refractivity contribution < 1.29 is 9.59 Å². The average molecular weight is 144 g/mol. The van der Waals surface area contributed by atoms with E-state index in [-0.39, 0.29) is 11.9 Å². The van der Waals surface area contributed by atoms with Gasteiger partial charge in [0.15, 0.2) is 0 Å². The van der Waals surface area contributed by atoms with Crippen LogP contribution < -0.4 is 5.32 Å². The molecule has 0 radical (unpaired) electrons. The highest BCUT2D eigenvalue weighted by atomic mass is 16.2. The normalized spacial score (nSPS) is 11.9. The van der Waals surface area contributed by atoms with Gasteiger partial charge >= 0.3 is 0 Å². The van der Waals surface area contributed by atoms with Crippen molar-refractivity contribution in [2.45, 2.75) is 13.0 Å². The van der Waals surface area contributed by atoms with Gasteiger partial charge in [-0.05, 0) is 6.92 Å². The van der Waals surface area contributed by atoms with E-state index in [4.69, 9.17) is 0 Å². The monoisotopic (exact) mass is 144 g/mol. The third-order valence-corrected chi connectivity index (χ3v) is 1.40. The van der Waals surface area contributed by atoms with Gasteiger partial charge < -0.3 is 10.2 Å². The van der Waals surface area contributed by atoms with Crippen LogP contribution in [0.5, 0.6) is 0 Å². The lowest BCUT2D eigenvalue weighted by molar-refractivity contribution is -0.130. The molecule has 0 fully saturated rings. The molecule has 4 heteroatoms. The molecule has 0 saturated heterocycles. The Morgan fingerprint density at radius 2 is 2.20 bits per heavy atom. The molecule has 0 aliphatic rings. The van der Waals surface area contributed by atoms with E-state index < -0.39 is 0 Å². The molecular formula is C6H12N2O2. The number of amides is 2. The highest BCUT2D eigenvalue weighted by Crippen LogP contribution is 1.89. The summed E-state index contributed by atoms with van der Waals surface area (Å²) in [5, 5.41) is 2.44. The van der Waals surface area contributed by atoms with Gasteiger partial charge in [-0.15, -0.1) is 0 Å². The number of nitrogens with zero attached hydrogens (tertiary/aromatic N) is 1. The number of carbonyl (C=O) groups excluding carboxylic acids is 2. The summed E-state index contributed by atoms with van der Waals surface area (Å²) in [6.07, 6.45) is 0.625.